The van der Waals surface area contributed by atoms with Gasteiger partial charge >= 0.3 is 0 Å². The summed E-state index contributed by atoms with van der Waals surface area (Å²) in [5, 5.41) is 3.18. The predicted molar refractivity (Wildman–Crippen MR) is 65.1 cm³/mol. The maximum Gasteiger partial charge on any atom is 0.0992 e. The van der Waals surface area contributed by atoms with Crippen molar-refractivity contribution in [1.82, 2.24) is 5.32 Å². The molecular weight excluding hydrogens is 186 g/mol. The molecule has 3 nitrogen and oxygen atoms in total. The molecule has 0 unspecified atom stereocenters. The van der Waals surface area contributed by atoms with E-state index >= 15 is 0 Å². The average molecular weight is 209 g/mol. The summed E-state index contributed by atoms with van der Waals surface area (Å²) in [6.45, 7) is 1.82. The van der Waals surface area contributed by atoms with Crippen LogP contribution in [0.25, 0.3) is 0 Å². The van der Waals surface area contributed by atoms with Gasteiger partial charge < -0.3 is 16.8 Å². The molecule has 3 heteroatoms. The van der Waals surface area contributed by atoms with Crippen molar-refractivity contribution in [3.8, 4) is 0 Å². The monoisotopic (exact) mass is 209 g/mol. The van der Waals surface area contributed by atoms with Gasteiger partial charge in [0.15, 0.2) is 0 Å². The van der Waals surface area contributed by atoms with Gasteiger partial charge in [0.2, 0.25) is 0 Å². The third kappa shape index (κ3) is 4.88. The fraction of sp³-hybridized carbons (Fsp3) is 0.667. The van der Waals surface area contributed by atoms with Gasteiger partial charge in [-0.15, -0.1) is 0 Å². The molecule has 15 heavy (non-hydrogen) atoms. The zero-order valence-corrected chi connectivity index (χ0v) is 9.47. The van der Waals surface area contributed by atoms with Gasteiger partial charge in [-0.3, -0.25) is 0 Å². The second-order valence-corrected chi connectivity index (χ2v) is 4.01. The van der Waals surface area contributed by atoms with Crippen LogP contribution in [-0.4, -0.2) is 13.1 Å². The van der Waals surface area contributed by atoms with Crippen molar-refractivity contribution in [2.45, 2.75) is 38.5 Å². The van der Waals surface area contributed by atoms with E-state index < -0.39 is 0 Å². The van der Waals surface area contributed by atoms with Crippen LogP contribution in [0.2, 0.25) is 0 Å². The third-order valence-corrected chi connectivity index (χ3v) is 2.68. The Labute approximate surface area is 92.6 Å². The van der Waals surface area contributed by atoms with Crippen LogP contribution in [0.5, 0.6) is 0 Å². The van der Waals surface area contributed by atoms with Gasteiger partial charge in [0, 0.05) is 6.54 Å². The predicted octanol–water partition coefficient (Wildman–Crippen LogP) is 1.62. The summed E-state index contributed by atoms with van der Waals surface area (Å²) < 4.78 is 0. The van der Waals surface area contributed by atoms with E-state index in [1.54, 1.807) is 0 Å². The number of unbranched alkanes of at least 4 members (excludes halogenated alkanes) is 3. The average Bonchev–Trinajstić information content (AvgIpc) is 2.25. The maximum atomic E-state index is 5.84. The van der Waals surface area contributed by atoms with E-state index in [1.165, 1.54) is 24.8 Å². The van der Waals surface area contributed by atoms with Gasteiger partial charge in [0.05, 0.1) is 5.82 Å². The summed E-state index contributed by atoms with van der Waals surface area (Å²) in [6, 6.07) is 0. The number of nitrogens with one attached hydrogen (secondary N) is 1. The van der Waals surface area contributed by atoms with Crippen LogP contribution in [0.3, 0.4) is 0 Å². The van der Waals surface area contributed by atoms with Gasteiger partial charge in [-0.2, -0.15) is 0 Å². The highest BCUT2D eigenvalue weighted by atomic mass is 15.0. The van der Waals surface area contributed by atoms with Crippen LogP contribution in [0.15, 0.2) is 23.5 Å². The lowest BCUT2D eigenvalue weighted by Crippen LogP contribution is -2.26. The van der Waals surface area contributed by atoms with E-state index in [0.29, 0.717) is 0 Å². The van der Waals surface area contributed by atoms with Gasteiger partial charge in [0.1, 0.15) is 0 Å². The molecule has 0 saturated heterocycles. The van der Waals surface area contributed by atoms with Crippen LogP contribution >= 0.6 is 0 Å². The Morgan fingerprint density at radius 2 is 2.13 bits per heavy atom. The van der Waals surface area contributed by atoms with Crippen molar-refractivity contribution in [3.05, 3.63) is 23.5 Å². The first kappa shape index (κ1) is 12.1. The SMILES string of the molecule is NCCCCC/C=C\C1=C(N)NCCC1. The highest BCUT2D eigenvalue weighted by Crippen LogP contribution is 2.13. The number of rotatable bonds is 6. The molecule has 1 aliphatic rings. The number of hydrogen-bond acceptors (Lipinski definition) is 3. The molecule has 1 aliphatic heterocycles. The van der Waals surface area contributed by atoms with Gasteiger partial charge in [-0.25, -0.2) is 0 Å². The lowest BCUT2D eigenvalue weighted by molar-refractivity contribution is 0.663. The van der Waals surface area contributed by atoms with Crippen molar-refractivity contribution < 1.29 is 0 Å². The molecular formula is C12H23N3. The molecule has 0 saturated carbocycles. The summed E-state index contributed by atoms with van der Waals surface area (Å²) in [4.78, 5) is 0. The highest BCUT2D eigenvalue weighted by Gasteiger charge is 2.05. The zero-order chi connectivity index (χ0) is 10.9. The number of hydrogen-bond donors (Lipinski definition) is 3. The standard InChI is InChI=1S/C12H23N3/c13-9-5-3-1-2-4-7-11-8-6-10-15-12(11)14/h4,7,15H,1-3,5-6,8-10,13-14H2/b7-4-. The summed E-state index contributed by atoms with van der Waals surface area (Å²) in [7, 11) is 0. The Bertz CT molecular complexity index is 231. The summed E-state index contributed by atoms with van der Waals surface area (Å²) in [5.41, 5.74) is 12.5. The summed E-state index contributed by atoms with van der Waals surface area (Å²) >= 11 is 0. The lowest BCUT2D eigenvalue weighted by Gasteiger charge is -2.16. The van der Waals surface area contributed by atoms with Crippen molar-refractivity contribution in [2.75, 3.05) is 13.1 Å². The number of nitrogens with two attached hydrogens (primary N) is 2. The van der Waals surface area contributed by atoms with Crippen LogP contribution in [-0.2, 0) is 0 Å². The van der Waals surface area contributed by atoms with Crippen molar-refractivity contribution in [1.29, 1.82) is 0 Å². The Morgan fingerprint density at radius 3 is 2.87 bits per heavy atom. The van der Waals surface area contributed by atoms with E-state index in [2.05, 4.69) is 17.5 Å². The molecule has 0 aromatic rings. The zero-order valence-electron chi connectivity index (χ0n) is 9.47. The van der Waals surface area contributed by atoms with Gasteiger partial charge in [0.25, 0.3) is 0 Å². The molecule has 0 spiro atoms. The first-order valence-corrected chi connectivity index (χ1v) is 5.93. The Hall–Kier alpha value is -0.960. The van der Waals surface area contributed by atoms with Crippen LogP contribution in [0.4, 0.5) is 0 Å². The fourth-order valence-electron chi connectivity index (χ4n) is 1.73. The topological polar surface area (TPSA) is 64.1 Å². The van der Waals surface area contributed by atoms with E-state index in [0.717, 1.165) is 38.2 Å². The molecule has 0 atom stereocenters. The van der Waals surface area contributed by atoms with E-state index in [1.807, 2.05) is 0 Å². The van der Waals surface area contributed by atoms with Crippen LogP contribution in [0.1, 0.15) is 38.5 Å². The summed E-state index contributed by atoms with van der Waals surface area (Å²) in [5.74, 6) is 0.861. The second-order valence-electron chi connectivity index (χ2n) is 4.01. The smallest absolute Gasteiger partial charge is 0.0992 e. The molecule has 86 valence electrons. The summed E-state index contributed by atoms with van der Waals surface area (Å²) in [6.07, 6.45) is 11.4. The minimum absolute atomic E-state index is 0.811. The maximum absolute atomic E-state index is 5.84. The molecule has 0 aromatic heterocycles. The molecule has 0 bridgehead atoms. The van der Waals surface area contributed by atoms with Crippen molar-refractivity contribution in [2.24, 2.45) is 11.5 Å². The molecule has 0 fully saturated rings. The largest absolute Gasteiger partial charge is 0.385 e. The Morgan fingerprint density at radius 1 is 1.27 bits per heavy atom. The molecule has 0 radical (unpaired) electrons. The fourth-order valence-corrected chi connectivity index (χ4v) is 1.73. The Kier molecular flexibility index (Phi) is 5.93. The lowest BCUT2D eigenvalue weighted by atomic mass is 10.1. The van der Waals surface area contributed by atoms with E-state index in [9.17, 15) is 0 Å². The molecule has 1 heterocycles. The van der Waals surface area contributed by atoms with Gasteiger partial charge in [-0.05, 0) is 44.2 Å². The molecule has 0 amide bonds. The van der Waals surface area contributed by atoms with Crippen molar-refractivity contribution in [3.63, 3.8) is 0 Å². The Balaban J connectivity index is 2.19. The molecule has 0 aliphatic carbocycles. The van der Waals surface area contributed by atoms with Gasteiger partial charge in [-0.1, -0.05) is 18.6 Å². The van der Waals surface area contributed by atoms with Crippen LogP contribution < -0.4 is 16.8 Å². The molecule has 5 N–H and O–H groups in total. The normalized spacial score (nSPS) is 17.1. The number of allylic oxidation sites excluding steroid dienone is 3. The molecule has 1 rings (SSSR count). The second kappa shape index (κ2) is 7.35. The molecule has 0 aromatic carbocycles. The minimum atomic E-state index is 0.811. The van der Waals surface area contributed by atoms with Crippen LogP contribution in [0, 0.1) is 0 Å². The van der Waals surface area contributed by atoms with E-state index in [4.69, 9.17) is 11.5 Å². The van der Waals surface area contributed by atoms with E-state index in [-0.39, 0.29) is 0 Å². The first-order chi connectivity index (χ1) is 7.34. The highest BCUT2D eigenvalue weighted by molar-refractivity contribution is 5.24. The minimum Gasteiger partial charge on any atom is -0.385 e. The third-order valence-electron chi connectivity index (χ3n) is 2.68. The van der Waals surface area contributed by atoms with Crippen molar-refractivity contribution >= 4 is 0 Å². The first-order valence-electron chi connectivity index (χ1n) is 5.93. The quantitative estimate of drug-likeness (QED) is 0.582.